The minimum absolute atomic E-state index is 0.155. The molecule has 1 aliphatic heterocycles. The van der Waals surface area contributed by atoms with E-state index in [1.165, 1.54) is 16.7 Å². The van der Waals surface area contributed by atoms with Gasteiger partial charge in [-0.05, 0) is 42.0 Å². The summed E-state index contributed by atoms with van der Waals surface area (Å²) in [5.41, 5.74) is 4.28. The third-order valence-electron chi connectivity index (χ3n) is 3.70. The van der Waals surface area contributed by atoms with Crippen molar-refractivity contribution in [3.05, 3.63) is 47.2 Å². The molecule has 19 heavy (non-hydrogen) atoms. The number of ether oxygens (including phenoxy) is 1. The molecule has 2 nitrogen and oxygen atoms in total. The number of hydrogen-bond acceptors (Lipinski definition) is 2. The largest absolute Gasteiger partial charge is 0.501 e. The first kappa shape index (κ1) is 14.1. The zero-order chi connectivity index (χ0) is 13.9. The van der Waals surface area contributed by atoms with E-state index in [2.05, 4.69) is 50.4 Å². The summed E-state index contributed by atoms with van der Waals surface area (Å²) in [6.07, 6.45) is 4.18. The van der Waals surface area contributed by atoms with Crippen LogP contribution in [-0.2, 0) is 10.2 Å². The molecule has 104 valence electrons. The van der Waals surface area contributed by atoms with Crippen molar-refractivity contribution in [3.63, 3.8) is 0 Å². The van der Waals surface area contributed by atoms with Crippen LogP contribution in [0.3, 0.4) is 0 Å². The molecule has 1 atom stereocenters. The van der Waals surface area contributed by atoms with Crippen LogP contribution in [0.15, 0.2) is 36.1 Å². The number of rotatable bonds is 3. The molecule has 2 rings (SSSR count). The second kappa shape index (κ2) is 5.79. The Morgan fingerprint density at radius 2 is 1.95 bits per heavy atom. The van der Waals surface area contributed by atoms with Crippen LogP contribution >= 0.6 is 0 Å². The molecular weight excluding hydrogens is 234 g/mol. The first-order chi connectivity index (χ1) is 9.04. The van der Waals surface area contributed by atoms with E-state index >= 15 is 0 Å². The highest BCUT2D eigenvalue weighted by Gasteiger charge is 2.24. The molecule has 2 heteroatoms. The van der Waals surface area contributed by atoms with Crippen LogP contribution in [0.4, 0.5) is 0 Å². The van der Waals surface area contributed by atoms with Crippen molar-refractivity contribution >= 4 is 0 Å². The third-order valence-corrected chi connectivity index (χ3v) is 3.70. The van der Waals surface area contributed by atoms with Crippen LogP contribution in [-0.4, -0.2) is 13.7 Å². The van der Waals surface area contributed by atoms with E-state index in [0.717, 1.165) is 19.4 Å². The molecule has 0 saturated carbocycles. The van der Waals surface area contributed by atoms with Gasteiger partial charge in [0.05, 0.1) is 18.9 Å². The van der Waals surface area contributed by atoms with E-state index in [1.54, 1.807) is 0 Å². The fourth-order valence-electron chi connectivity index (χ4n) is 2.77. The van der Waals surface area contributed by atoms with Crippen LogP contribution in [0.1, 0.15) is 50.8 Å². The summed E-state index contributed by atoms with van der Waals surface area (Å²) in [7, 11) is 2.03. The minimum Gasteiger partial charge on any atom is -0.501 e. The van der Waals surface area contributed by atoms with Crippen molar-refractivity contribution in [2.24, 2.45) is 0 Å². The normalized spacial score (nSPS) is 17.6. The summed E-state index contributed by atoms with van der Waals surface area (Å²) in [4.78, 5) is 0. The van der Waals surface area contributed by atoms with Crippen LogP contribution in [0.5, 0.6) is 0 Å². The Hall–Kier alpha value is -1.28. The summed E-state index contributed by atoms with van der Waals surface area (Å²) >= 11 is 0. The smallest absolute Gasteiger partial charge is 0.0876 e. The molecule has 0 aliphatic carbocycles. The van der Waals surface area contributed by atoms with Gasteiger partial charge in [0.1, 0.15) is 0 Å². The second-order valence-corrected chi connectivity index (χ2v) is 6.23. The van der Waals surface area contributed by atoms with E-state index in [1.807, 2.05) is 13.3 Å². The average Bonchev–Trinajstić information content (AvgIpc) is 2.40. The van der Waals surface area contributed by atoms with E-state index in [-0.39, 0.29) is 11.5 Å². The van der Waals surface area contributed by atoms with Gasteiger partial charge < -0.3 is 10.1 Å². The average molecular weight is 259 g/mol. The van der Waals surface area contributed by atoms with Gasteiger partial charge in [0, 0.05) is 0 Å². The minimum atomic E-state index is 0.155. The van der Waals surface area contributed by atoms with Gasteiger partial charge in [-0.15, -0.1) is 0 Å². The summed E-state index contributed by atoms with van der Waals surface area (Å²) in [6, 6.07) is 8.98. The fourth-order valence-corrected chi connectivity index (χ4v) is 2.77. The molecule has 1 unspecified atom stereocenters. The lowest BCUT2D eigenvalue weighted by atomic mass is 9.80. The van der Waals surface area contributed by atoms with Gasteiger partial charge in [-0.2, -0.15) is 0 Å². The molecule has 0 saturated heterocycles. The zero-order valence-electron chi connectivity index (χ0n) is 12.5. The van der Waals surface area contributed by atoms with Crippen LogP contribution in [0.25, 0.3) is 0 Å². The number of likely N-dealkylation sites (N-methyl/N-ethyl adjacent to an activating group) is 1. The van der Waals surface area contributed by atoms with E-state index in [0.29, 0.717) is 0 Å². The maximum atomic E-state index is 5.51. The first-order valence-electron chi connectivity index (χ1n) is 7.11. The van der Waals surface area contributed by atoms with Gasteiger partial charge in [0.25, 0.3) is 0 Å². The topological polar surface area (TPSA) is 21.3 Å². The van der Waals surface area contributed by atoms with Crippen molar-refractivity contribution in [3.8, 4) is 0 Å². The highest BCUT2D eigenvalue weighted by Crippen LogP contribution is 2.34. The van der Waals surface area contributed by atoms with Gasteiger partial charge in [0.15, 0.2) is 0 Å². The Morgan fingerprint density at radius 1 is 1.21 bits per heavy atom. The molecule has 1 heterocycles. The Kier molecular flexibility index (Phi) is 4.31. The van der Waals surface area contributed by atoms with Crippen LogP contribution in [0, 0.1) is 0 Å². The van der Waals surface area contributed by atoms with Gasteiger partial charge in [-0.25, -0.2) is 0 Å². The lowest BCUT2D eigenvalue weighted by molar-refractivity contribution is 0.220. The Bertz CT molecular complexity index is 457. The third kappa shape index (κ3) is 3.19. The predicted molar refractivity (Wildman–Crippen MR) is 80.2 cm³/mol. The van der Waals surface area contributed by atoms with E-state index in [4.69, 9.17) is 4.74 Å². The van der Waals surface area contributed by atoms with Gasteiger partial charge >= 0.3 is 0 Å². The Morgan fingerprint density at radius 3 is 2.53 bits per heavy atom. The molecule has 0 aromatic heterocycles. The molecule has 1 aliphatic rings. The molecule has 0 fully saturated rings. The maximum Gasteiger partial charge on any atom is 0.0876 e. The van der Waals surface area contributed by atoms with Crippen molar-refractivity contribution in [1.82, 2.24) is 5.32 Å². The Balaban J connectivity index is 2.41. The quantitative estimate of drug-likeness (QED) is 0.887. The lowest BCUT2D eigenvalue weighted by Gasteiger charge is -2.29. The highest BCUT2D eigenvalue weighted by atomic mass is 16.5. The van der Waals surface area contributed by atoms with Crippen LogP contribution < -0.4 is 5.32 Å². The molecule has 0 bridgehead atoms. The predicted octanol–water partition coefficient (Wildman–Crippen LogP) is 3.94. The molecule has 0 amide bonds. The summed E-state index contributed by atoms with van der Waals surface area (Å²) in [6.45, 7) is 7.65. The number of hydrogen-bond donors (Lipinski definition) is 1. The summed E-state index contributed by atoms with van der Waals surface area (Å²) in [5, 5.41) is 3.45. The number of nitrogens with one attached hydrogen (secondary N) is 1. The van der Waals surface area contributed by atoms with Crippen molar-refractivity contribution in [1.29, 1.82) is 0 Å². The maximum absolute atomic E-state index is 5.51. The van der Waals surface area contributed by atoms with E-state index in [9.17, 15) is 0 Å². The fraction of sp³-hybridized carbons (Fsp3) is 0.529. The second-order valence-electron chi connectivity index (χ2n) is 6.23. The Labute approximate surface area is 116 Å². The van der Waals surface area contributed by atoms with Gasteiger partial charge in [0.2, 0.25) is 0 Å². The summed E-state index contributed by atoms with van der Waals surface area (Å²) < 4.78 is 5.51. The monoisotopic (exact) mass is 259 g/mol. The van der Waals surface area contributed by atoms with Crippen LogP contribution in [0.2, 0.25) is 0 Å². The molecular formula is C17H25NO. The molecule has 0 radical (unpaired) electrons. The molecule has 0 spiro atoms. The van der Waals surface area contributed by atoms with E-state index < -0.39 is 0 Å². The zero-order valence-corrected chi connectivity index (χ0v) is 12.5. The van der Waals surface area contributed by atoms with Crippen molar-refractivity contribution in [2.75, 3.05) is 13.7 Å². The van der Waals surface area contributed by atoms with Gasteiger partial charge in [-0.3, -0.25) is 0 Å². The highest BCUT2D eigenvalue weighted by molar-refractivity contribution is 5.39. The molecule has 1 aromatic carbocycles. The SMILES string of the molecule is CNC(C1=COCCC1)c1ccccc1C(C)(C)C. The standard InChI is InChI=1S/C17H25NO/c1-17(2,3)15-10-6-5-9-14(15)16(18-4)13-8-7-11-19-12-13/h5-6,9-10,12,16,18H,7-8,11H2,1-4H3. The van der Waals surface area contributed by atoms with Gasteiger partial charge in [-0.1, -0.05) is 45.0 Å². The lowest BCUT2D eigenvalue weighted by Crippen LogP contribution is -2.25. The summed E-state index contributed by atoms with van der Waals surface area (Å²) in [5.74, 6) is 0. The first-order valence-corrected chi connectivity index (χ1v) is 7.11. The molecule has 1 aromatic rings. The van der Waals surface area contributed by atoms with Crippen molar-refractivity contribution < 1.29 is 4.74 Å². The van der Waals surface area contributed by atoms with Crippen molar-refractivity contribution in [2.45, 2.75) is 45.1 Å². The molecule has 1 N–H and O–H groups in total. The number of benzene rings is 1.